The van der Waals surface area contributed by atoms with E-state index in [0.717, 1.165) is 69.7 Å². The van der Waals surface area contributed by atoms with Gasteiger partial charge in [-0.3, -0.25) is 19.2 Å². The molecule has 15 heteroatoms. The average Bonchev–Trinajstić information content (AvgIpc) is 3.49. The first-order valence-electron chi connectivity index (χ1n) is 17.7. The summed E-state index contributed by atoms with van der Waals surface area (Å²) in [5.74, 6) is 0.154. The van der Waals surface area contributed by atoms with Crippen LogP contribution in [0.25, 0.3) is 28.0 Å². The Bertz CT molecular complexity index is 2330. The quantitative estimate of drug-likeness (QED) is 0.143. The largest absolute Gasteiger partial charge is 0.385 e. The van der Waals surface area contributed by atoms with Gasteiger partial charge in [0.05, 0.1) is 17.4 Å². The van der Waals surface area contributed by atoms with Crippen LogP contribution in [-0.4, -0.2) is 83.1 Å². The van der Waals surface area contributed by atoms with Gasteiger partial charge in [-0.2, -0.15) is 0 Å². The Kier molecular flexibility index (Phi) is 10.4. The van der Waals surface area contributed by atoms with Gasteiger partial charge in [0, 0.05) is 75.0 Å². The fourth-order valence-electron chi connectivity index (χ4n) is 6.72. The summed E-state index contributed by atoms with van der Waals surface area (Å²) in [6.45, 7) is 12.3. The first-order valence-corrected chi connectivity index (χ1v) is 17.7. The maximum absolute atomic E-state index is 15.1. The van der Waals surface area contributed by atoms with Crippen LogP contribution in [0.3, 0.4) is 0 Å². The highest BCUT2D eigenvalue weighted by molar-refractivity contribution is 5.83. The Morgan fingerprint density at radius 3 is 2.38 bits per heavy atom. The standard InChI is InChI=1S/C38H41F2N11O2/c1-24(2)51-25(3)44-36-30(39)19-27(20-32(36)51)35-31(40)22-43-37(47-35)45-33-10-5-26(21-42-33)23-49-17-15-48(16-18-49)13-4-12-41-28-6-8-29(9-7-28)50-14-11-34(52)46-38(50)53/h5-11,14,19-22,24,41H,4,12-13,15-18,23H2,1-3H3,(H,46,52,53)(H,42,43,45,47). The smallest absolute Gasteiger partial charge is 0.332 e. The summed E-state index contributed by atoms with van der Waals surface area (Å²) in [7, 11) is 0. The number of aryl methyl sites for hydroxylation is 1. The molecule has 1 saturated heterocycles. The van der Waals surface area contributed by atoms with Crippen LogP contribution < -0.4 is 21.9 Å². The van der Waals surface area contributed by atoms with E-state index in [4.69, 9.17) is 0 Å². The van der Waals surface area contributed by atoms with Crippen molar-refractivity contribution in [2.45, 2.75) is 39.8 Å². The predicted octanol–water partition coefficient (Wildman–Crippen LogP) is 5.26. The lowest BCUT2D eigenvalue weighted by molar-refractivity contribution is 0.127. The highest BCUT2D eigenvalue weighted by Gasteiger charge is 2.19. The van der Waals surface area contributed by atoms with E-state index in [2.05, 4.69) is 45.4 Å². The molecule has 0 spiro atoms. The summed E-state index contributed by atoms with van der Waals surface area (Å²) >= 11 is 0. The zero-order chi connectivity index (χ0) is 37.1. The summed E-state index contributed by atoms with van der Waals surface area (Å²) in [6, 6.07) is 15.7. The number of benzene rings is 2. The third kappa shape index (κ3) is 8.16. The molecule has 274 valence electrons. The van der Waals surface area contributed by atoms with Crippen molar-refractivity contribution >= 4 is 28.5 Å². The minimum absolute atomic E-state index is 0.0145. The molecule has 0 bridgehead atoms. The van der Waals surface area contributed by atoms with Crippen LogP contribution in [0.1, 0.15) is 37.7 Å². The van der Waals surface area contributed by atoms with Crippen LogP contribution in [0.2, 0.25) is 0 Å². The molecule has 0 amide bonds. The van der Waals surface area contributed by atoms with Crippen molar-refractivity contribution in [3.8, 4) is 16.9 Å². The van der Waals surface area contributed by atoms with Crippen molar-refractivity contribution < 1.29 is 8.78 Å². The van der Waals surface area contributed by atoms with E-state index < -0.39 is 22.9 Å². The molecule has 7 rings (SSSR count). The fraction of sp³-hybridized carbons (Fsp3) is 0.316. The van der Waals surface area contributed by atoms with Gasteiger partial charge in [-0.25, -0.2) is 33.5 Å². The highest BCUT2D eigenvalue weighted by Crippen LogP contribution is 2.30. The number of pyridine rings is 1. The van der Waals surface area contributed by atoms with Gasteiger partial charge in [0.25, 0.3) is 5.56 Å². The summed E-state index contributed by atoms with van der Waals surface area (Å²) in [6.07, 6.45) is 5.35. The van der Waals surface area contributed by atoms with Crippen molar-refractivity contribution in [1.82, 2.24) is 43.9 Å². The van der Waals surface area contributed by atoms with Gasteiger partial charge in [0.2, 0.25) is 5.95 Å². The number of fused-ring (bicyclic) bond motifs is 1. The molecular weight excluding hydrogens is 680 g/mol. The first kappa shape index (κ1) is 35.6. The van der Waals surface area contributed by atoms with Crippen LogP contribution in [0, 0.1) is 18.6 Å². The van der Waals surface area contributed by atoms with Gasteiger partial charge in [-0.05, 0) is 81.8 Å². The molecular formula is C38H41F2N11O2. The maximum Gasteiger partial charge on any atom is 0.332 e. The number of rotatable bonds is 12. The number of halogens is 2. The molecule has 3 N–H and O–H groups in total. The molecule has 53 heavy (non-hydrogen) atoms. The number of nitrogens with one attached hydrogen (secondary N) is 3. The summed E-state index contributed by atoms with van der Waals surface area (Å²) < 4.78 is 33.4. The maximum atomic E-state index is 15.1. The molecule has 5 heterocycles. The van der Waals surface area contributed by atoms with Crippen LogP contribution >= 0.6 is 0 Å². The van der Waals surface area contributed by atoms with Crippen LogP contribution in [0.4, 0.5) is 26.2 Å². The molecule has 1 fully saturated rings. The van der Waals surface area contributed by atoms with Gasteiger partial charge in [0.1, 0.15) is 22.9 Å². The monoisotopic (exact) mass is 721 g/mol. The highest BCUT2D eigenvalue weighted by atomic mass is 19.1. The number of anilines is 3. The normalized spacial score (nSPS) is 13.9. The Labute approximate surface area is 304 Å². The lowest BCUT2D eigenvalue weighted by Crippen LogP contribution is -2.46. The molecule has 0 unspecified atom stereocenters. The number of aromatic amines is 1. The van der Waals surface area contributed by atoms with Crippen LogP contribution in [0.15, 0.2) is 82.8 Å². The minimum atomic E-state index is -0.658. The second kappa shape index (κ2) is 15.4. The van der Waals surface area contributed by atoms with Crippen molar-refractivity contribution in [2.24, 2.45) is 0 Å². The molecule has 6 aromatic rings. The number of aromatic nitrogens is 7. The topological polar surface area (TPSA) is 142 Å². The van der Waals surface area contributed by atoms with Crippen molar-refractivity contribution in [2.75, 3.05) is 49.9 Å². The molecule has 0 saturated carbocycles. The third-order valence-corrected chi connectivity index (χ3v) is 9.34. The molecule has 1 aliphatic rings. The second-order valence-corrected chi connectivity index (χ2v) is 13.4. The molecule has 13 nitrogen and oxygen atoms in total. The molecule has 0 aliphatic carbocycles. The van der Waals surface area contributed by atoms with Gasteiger partial charge >= 0.3 is 5.69 Å². The van der Waals surface area contributed by atoms with E-state index in [1.807, 2.05) is 67.9 Å². The Morgan fingerprint density at radius 2 is 1.66 bits per heavy atom. The Hall–Kier alpha value is -5.80. The van der Waals surface area contributed by atoms with Gasteiger partial charge in [0.15, 0.2) is 11.6 Å². The number of hydrogen-bond acceptors (Lipinski definition) is 10. The fourth-order valence-corrected chi connectivity index (χ4v) is 6.72. The molecule has 1 aliphatic heterocycles. The van der Waals surface area contributed by atoms with Gasteiger partial charge in [-0.15, -0.1) is 0 Å². The predicted molar refractivity (Wildman–Crippen MR) is 201 cm³/mol. The number of H-pyrrole nitrogens is 1. The Morgan fingerprint density at radius 1 is 0.887 bits per heavy atom. The number of hydrogen-bond donors (Lipinski definition) is 3. The lowest BCUT2D eigenvalue weighted by atomic mass is 10.1. The van der Waals surface area contributed by atoms with Gasteiger partial charge < -0.3 is 20.1 Å². The first-order chi connectivity index (χ1) is 25.6. The van der Waals surface area contributed by atoms with Crippen molar-refractivity contribution in [3.63, 3.8) is 0 Å². The van der Waals surface area contributed by atoms with Crippen molar-refractivity contribution in [3.05, 3.63) is 117 Å². The summed E-state index contributed by atoms with van der Waals surface area (Å²) in [5, 5.41) is 6.49. The minimum Gasteiger partial charge on any atom is -0.385 e. The van der Waals surface area contributed by atoms with E-state index in [0.29, 0.717) is 28.4 Å². The van der Waals surface area contributed by atoms with E-state index >= 15 is 4.39 Å². The van der Waals surface area contributed by atoms with Crippen LogP contribution in [-0.2, 0) is 6.54 Å². The van der Waals surface area contributed by atoms with E-state index in [9.17, 15) is 14.0 Å². The van der Waals surface area contributed by atoms with Crippen molar-refractivity contribution in [1.29, 1.82) is 0 Å². The van der Waals surface area contributed by atoms with Crippen LogP contribution in [0.5, 0.6) is 0 Å². The van der Waals surface area contributed by atoms with Gasteiger partial charge in [-0.1, -0.05) is 6.07 Å². The zero-order valence-electron chi connectivity index (χ0n) is 29.8. The van der Waals surface area contributed by atoms with E-state index in [-0.39, 0.29) is 23.2 Å². The number of piperazine rings is 1. The molecule has 0 atom stereocenters. The SMILES string of the molecule is Cc1nc2c(F)cc(-c3nc(Nc4ccc(CN5CCN(CCCNc6ccc(-n7ccc(=O)[nH]c7=O)cc6)CC5)cn4)ncc3F)cc2n1C(C)C. The molecule has 2 aromatic carbocycles. The lowest BCUT2D eigenvalue weighted by Gasteiger charge is -2.34. The zero-order valence-corrected chi connectivity index (χ0v) is 29.8. The molecule has 0 radical (unpaired) electrons. The Balaban J connectivity index is 0.873. The summed E-state index contributed by atoms with van der Waals surface area (Å²) in [5.41, 5.74) is 2.95. The summed E-state index contributed by atoms with van der Waals surface area (Å²) in [4.78, 5) is 47.9. The second-order valence-electron chi connectivity index (χ2n) is 13.4. The van der Waals surface area contributed by atoms with E-state index in [1.165, 1.54) is 22.9 Å². The number of imidazole rings is 1. The number of nitrogens with zero attached hydrogens (tertiary/aromatic N) is 8. The van der Waals surface area contributed by atoms with E-state index in [1.54, 1.807) is 6.07 Å². The third-order valence-electron chi connectivity index (χ3n) is 9.34. The average molecular weight is 722 g/mol. The molecule has 4 aromatic heterocycles.